The van der Waals surface area contributed by atoms with Gasteiger partial charge >= 0.3 is 0 Å². The van der Waals surface area contributed by atoms with Gasteiger partial charge in [0.25, 0.3) is 5.69 Å². The number of para-hydroxylation sites is 2. The fourth-order valence-electron chi connectivity index (χ4n) is 2.33. The highest BCUT2D eigenvalue weighted by Gasteiger charge is 2.21. The van der Waals surface area contributed by atoms with E-state index in [9.17, 15) is 14.9 Å². The third-order valence-electron chi connectivity index (χ3n) is 3.68. The van der Waals surface area contributed by atoms with Gasteiger partial charge in [0, 0.05) is 11.8 Å². The second kappa shape index (κ2) is 8.81. The van der Waals surface area contributed by atoms with E-state index in [0.29, 0.717) is 9.47 Å². The summed E-state index contributed by atoms with van der Waals surface area (Å²) in [6.45, 7) is 3.72. The summed E-state index contributed by atoms with van der Waals surface area (Å²) < 4.78 is 0.625. The molecule has 8 nitrogen and oxygen atoms in total. The Labute approximate surface area is 169 Å². The highest BCUT2D eigenvalue weighted by Crippen LogP contribution is 2.31. The average Bonchev–Trinajstić information content (AvgIpc) is 3.08. The molecule has 0 aliphatic heterocycles. The number of nitrogens with one attached hydrogen (secondary N) is 2. The molecular weight excluding hydrogens is 398 g/mol. The van der Waals surface area contributed by atoms with Crippen LogP contribution in [0.15, 0.2) is 52.9 Å². The number of carbonyl (C=O) groups excluding carboxylic acids is 1. The molecule has 0 bridgehead atoms. The standard InChI is InChI=1S/C18H17N5O3S2/c1-11-6-5-7-13(10-11)19-17-21-22-18(28-17)27-12(2)16(24)20-14-8-3-4-9-15(14)23(25)26/h3-10,12H,1-2H3,(H,19,21)(H,20,24)/t12-/m1/s1. The van der Waals surface area contributed by atoms with Crippen molar-refractivity contribution < 1.29 is 9.72 Å². The number of nitrogens with zero attached hydrogens (tertiary/aromatic N) is 3. The fraction of sp³-hybridized carbons (Fsp3) is 0.167. The molecule has 1 amide bonds. The number of hydrogen-bond donors (Lipinski definition) is 2. The first-order valence-corrected chi connectivity index (χ1v) is 10.00. The van der Waals surface area contributed by atoms with E-state index in [1.54, 1.807) is 19.1 Å². The molecular formula is C18H17N5O3S2. The smallest absolute Gasteiger partial charge is 0.292 e. The Morgan fingerprint density at radius 1 is 1.21 bits per heavy atom. The lowest BCUT2D eigenvalue weighted by Gasteiger charge is -2.10. The normalized spacial score (nSPS) is 11.6. The number of amides is 1. The Kier molecular flexibility index (Phi) is 6.22. The van der Waals surface area contributed by atoms with Crippen molar-refractivity contribution in [1.82, 2.24) is 10.2 Å². The summed E-state index contributed by atoms with van der Waals surface area (Å²) >= 11 is 2.58. The van der Waals surface area contributed by atoms with Gasteiger partial charge in [0.2, 0.25) is 11.0 Å². The molecule has 0 unspecified atom stereocenters. The van der Waals surface area contributed by atoms with E-state index >= 15 is 0 Å². The van der Waals surface area contributed by atoms with Gasteiger partial charge in [0.1, 0.15) is 5.69 Å². The number of aromatic nitrogens is 2. The van der Waals surface area contributed by atoms with Gasteiger partial charge in [-0.15, -0.1) is 10.2 Å². The van der Waals surface area contributed by atoms with Crippen molar-refractivity contribution in [2.75, 3.05) is 10.6 Å². The molecule has 2 N–H and O–H groups in total. The van der Waals surface area contributed by atoms with Crippen molar-refractivity contribution in [2.45, 2.75) is 23.4 Å². The first-order valence-electron chi connectivity index (χ1n) is 8.30. The van der Waals surface area contributed by atoms with Crippen molar-refractivity contribution >= 4 is 51.2 Å². The molecule has 1 heterocycles. The predicted molar refractivity (Wildman–Crippen MR) is 111 cm³/mol. The molecule has 3 aromatic rings. The summed E-state index contributed by atoms with van der Waals surface area (Å²) in [5.41, 5.74) is 2.07. The number of carbonyl (C=O) groups is 1. The predicted octanol–water partition coefficient (Wildman–Crippen LogP) is 4.62. The van der Waals surface area contributed by atoms with Crippen LogP contribution in [0.25, 0.3) is 0 Å². The Morgan fingerprint density at radius 2 is 2.00 bits per heavy atom. The molecule has 1 atom stereocenters. The van der Waals surface area contributed by atoms with Crippen LogP contribution < -0.4 is 10.6 Å². The van der Waals surface area contributed by atoms with E-state index < -0.39 is 10.2 Å². The summed E-state index contributed by atoms with van der Waals surface area (Å²) in [5.74, 6) is -0.345. The number of hydrogen-bond acceptors (Lipinski definition) is 8. The maximum absolute atomic E-state index is 12.4. The minimum Gasteiger partial charge on any atom is -0.330 e. The van der Waals surface area contributed by atoms with Crippen LogP contribution in [0.4, 0.5) is 22.2 Å². The largest absolute Gasteiger partial charge is 0.330 e. The minimum atomic E-state index is -0.526. The Hall–Kier alpha value is -2.98. The van der Waals surface area contributed by atoms with Crippen molar-refractivity contribution in [3.63, 3.8) is 0 Å². The van der Waals surface area contributed by atoms with Gasteiger partial charge in [-0.25, -0.2) is 0 Å². The number of anilines is 3. The van der Waals surface area contributed by atoms with Crippen LogP contribution in [-0.2, 0) is 4.79 Å². The van der Waals surface area contributed by atoms with Gasteiger partial charge in [0.15, 0.2) is 4.34 Å². The van der Waals surface area contributed by atoms with Crippen molar-refractivity contribution in [3.05, 3.63) is 64.2 Å². The zero-order chi connectivity index (χ0) is 20.1. The average molecular weight is 416 g/mol. The maximum atomic E-state index is 12.4. The molecule has 0 spiro atoms. The lowest BCUT2D eigenvalue weighted by molar-refractivity contribution is -0.383. The lowest BCUT2D eigenvalue weighted by Crippen LogP contribution is -2.22. The van der Waals surface area contributed by atoms with Gasteiger partial charge in [-0.1, -0.05) is 47.4 Å². The summed E-state index contributed by atoms with van der Waals surface area (Å²) in [5, 5.41) is 25.2. The van der Waals surface area contributed by atoms with Crippen LogP contribution in [-0.4, -0.2) is 26.3 Å². The Balaban J connectivity index is 1.62. The van der Waals surface area contributed by atoms with Crippen LogP contribution >= 0.6 is 23.1 Å². The summed E-state index contributed by atoms with van der Waals surface area (Å²) in [6.07, 6.45) is 0. The number of nitro groups is 1. The zero-order valence-corrected chi connectivity index (χ0v) is 16.7. The van der Waals surface area contributed by atoms with Crippen LogP contribution in [0.5, 0.6) is 0 Å². The molecule has 1 aromatic heterocycles. The van der Waals surface area contributed by atoms with Crippen LogP contribution in [0.3, 0.4) is 0 Å². The quantitative estimate of drug-likeness (QED) is 0.329. The second-order valence-electron chi connectivity index (χ2n) is 5.89. The fourth-order valence-corrected chi connectivity index (χ4v) is 4.25. The van der Waals surface area contributed by atoms with Crippen LogP contribution in [0, 0.1) is 17.0 Å². The molecule has 10 heteroatoms. The number of rotatable bonds is 7. The first kappa shape index (κ1) is 19.8. The van der Waals surface area contributed by atoms with Gasteiger partial charge < -0.3 is 10.6 Å². The summed E-state index contributed by atoms with van der Waals surface area (Å²) in [7, 11) is 0. The van der Waals surface area contributed by atoms with Crippen molar-refractivity contribution in [2.24, 2.45) is 0 Å². The minimum absolute atomic E-state index is 0.145. The number of benzene rings is 2. The van der Waals surface area contributed by atoms with E-state index in [1.807, 2.05) is 31.2 Å². The Morgan fingerprint density at radius 3 is 2.75 bits per heavy atom. The monoisotopic (exact) mass is 415 g/mol. The number of thioether (sulfide) groups is 1. The third kappa shape index (κ3) is 5.05. The number of aryl methyl sites for hydroxylation is 1. The highest BCUT2D eigenvalue weighted by molar-refractivity contribution is 8.02. The highest BCUT2D eigenvalue weighted by atomic mass is 32.2. The van der Waals surface area contributed by atoms with Crippen molar-refractivity contribution in [1.29, 1.82) is 0 Å². The molecule has 3 rings (SSSR count). The SMILES string of the molecule is Cc1cccc(Nc2nnc(S[C@H](C)C(=O)Nc3ccccc3[N+](=O)[O-])s2)c1. The van der Waals surface area contributed by atoms with Crippen molar-refractivity contribution in [3.8, 4) is 0 Å². The molecule has 0 aliphatic rings. The molecule has 0 saturated carbocycles. The van der Waals surface area contributed by atoms with Crippen LogP contribution in [0.1, 0.15) is 12.5 Å². The second-order valence-corrected chi connectivity index (χ2v) is 8.46. The number of nitro benzene ring substituents is 1. The molecule has 0 radical (unpaired) electrons. The van der Waals surface area contributed by atoms with Gasteiger partial charge in [0.05, 0.1) is 10.2 Å². The molecule has 2 aromatic carbocycles. The van der Waals surface area contributed by atoms with Gasteiger partial charge in [-0.05, 0) is 37.6 Å². The maximum Gasteiger partial charge on any atom is 0.292 e. The van der Waals surface area contributed by atoms with E-state index in [-0.39, 0.29) is 17.3 Å². The third-order valence-corrected chi connectivity index (χ3v) is 5.70. The molecule has 28 heavy (non-hydrogen) atoms. The molecule has 0 aliphatic carbocycles. The zero-order valence-electron chi connectivity index (χ0n) is 15.1. The van der Waals surface area contributed by atoms with Gasteiger partial charge in [-0.3, -0.25) is 14.9 Å². The van der Waals surface area contributed by atoms with E-state index in [2.05, 4.69) is 20.8 Å². The molecule has 0 saturated heterocycles. The van der Waals surface area contributed by atoms with Gasteiger partial charge in [-0.2, -0.15) is 0 Å². The molecule has 144 valence electrons. The molecule has 0 fully saturated rings. The summed E-state index contributed by atoms with van der Waals surface area (Å²) in [4.78, 5) is 23.0. The van der Waals surface area contributed by atoms with Crippen LogP contribution in [0.2, 0.25) is 0 Å². The lowest BCUT2D eigenvalue weighted by atomic mass is 10.2. The van der Waals surface area contributed by atoms with E-state index in [4.69, 9.17) is 0 Å². The Bertz CT molecular complexity index is 1010. The van der Waals surface area contributed by atoms with E-state index in [0.717, 1.165) is 11.3 Å². The topological polar surface area (TPSA) is 110 Å². The summed E-state index contributed by atoms with van der Waals surface area (Å²) in [6, 6.07) is 13.9. The van der Waals surface area contributed by atoms with E-state index in [1.165, 1.54) is 35.2 Å². The first-order chi connectivity index (χ1) is 13.4.